The van der Waals surface area contributed by atoms with Gasteiger partial charge in [-0.15, -0.1) is 22.7 Å². The minimum Gasteiger partial charge on any atom is -0.474 e. The molecule has 2 aliphatic heterocycles. The number of ether oxygens (including phenoxy) is 1. The molecule has 6 bridgehead atoms. The van der Waals surface area contributed by atoms with Crippen LogP contribution in [0.5, 0.6) is 0 Å². The molecule has 1 aromatic carbocycles. The van der Waals surface area contributed by atoms with Gasteiger partial charge in [0.15, 0.2) is 6.04 Å². The fourth-order valence-electron chi connectivity index (χ4n) is 4.13. The first-order valence-corrected chi connectivity index (χ1v) is 13.7. The van der Waals surface area contributed by atoms with E-state index in [2.05, 4.69) is 30.9 Å². The summed E-state index contributed by atoms with van der Waals surface area (Å²) in [5, 5.41) is 13.3. The summed E-state index contributed by atoms with van der Waals surface area (Å²) in [4.78, 5) is 52.6. The van der Waals surface area contributed by atoms with E-state index in [1.165, 1.54) is 22.7 Å². The number of benzene rings is 1. The van der Waals surface area contributed by atoms with Gasteiger partial charge in [-0.25, -0.2) is 15.0 Å². The van der Waals surface area contributed by atoms with Crippen molar-refractivity contribution in [1.82, 2.24) is 25.9 Å². The van der Waals surface area contributed by atoms with Crippen LogP contribution in [-0.4, -0.2) is 51.8 Å². The molecule has 0 radical (unpaired) electrons. The number of carbonyl (C=O) groups excluding carboxylic acids is 3. The number of amides is 3. The number of hydrogen-bond acceptors (Lipinski definition) is 9. The van der Waals surface area contributed by atoms with Crippen LogP contribution in [0.4, 0.5) is 0 Å². The van der Waals surface area contributed by atoms with E-state index in [1.54, 1.807) is 31.5 Å². The summed E-state index contributed by atoms with van der Waals surface area (Å²) in [6.07, 6.45) is -0.0994. The number of hydrogen-bond donors (Lipinski definition) is 3. The highest BCUT2D eigenvalue weighted by molar-refractivity contribution is 7.10. The van der Waals surface area contributed by atoms with E-state index in [-0.39, 0.29) is 23.2 Å². The van der Waals surface area contributed by atoms with Gasteiger partial charge in [-0.05, 0) is 26.3 Å². The Morgan fingerprint density at radius 3 is 2.08 bits per heavy atom. The molecule has 0 fully saturated rings. The lowest BCUT2D eigenvalue weighted by Crippen LogP contribution is -2.43. The third-order valence-corrected chi connectivity index (χ3v) is 8.18. The number of rotatable bonds is 2. The first-order chi connectivity index (χ1) is 17.8. The Kier molecular flexibility index (Phi) is 7.02. The third-order valence-electron chi connectivity index (χ3n) is 6.13. The van der Waals surface area contributed by atoms with Gasteiger partial charge >= 0.3 is 0 Å². The van der Waals surface area contributed by atoms with E-state index in [4.69, 9.17) is 4.74 Å². The zero-order valence-corrected chi connectivity index (χ0v) is 22.1. The summed E-state index contributed by atoms with van der Waals surface area (Å²) in [6.45, 7) is 5.38. The number of aliphatic imine (C=N–C) groups is 1. The Hall–Kier alpha value is -3.64. The molecule has 37 heavy (non-hydrogen) atoms. The maximum absolute atomic E-state index is 13.2. The molecule has 192 valence electrons. The molecule has 3 amide bonds. The lowest BCUT2D eigenvalue weighted by Gasteiger charge is -2.19. The fourth-order valence-corrected chi connectivity index (χ4v) is 5.74. The van der Waals surface area contributed by atoms with Crippen LogP contribution in [-0.2, 0) is 16.0 Å². The van der Waals surface area contributed by atoms with Crippen molar-refractivity contribution in [2.75, 3.05) is 0 Å². The molecule has 2 aliphatic rings. The summed E-state index contributed by atoms with van der Waals surface area (Å²) in [5.41, 5.74) is 1.46. The van der Waals surface area contributed by atoms with Crippen LogP contribution < -0.4 is 16.0 Å². The van der Waals surface area contributed by atoms with E-state index < -0.39 is 36.2 Å². The molecule has 2 aromatic heterocycles. The summed E-state index contributed by atoms with van der Waals surface area (Å²) in [5.74, 6) is -0.773. The van der Waals surface area contributed by atoms with Crippen molar-refractivity contribution in [2.24, 2.45) is 4.99 Å². The van der Waals surface area contributed by atoms with Gasteiger partial charge in [-0.3, -0.25) is 14.4 Å². The summed E-state index contributed by atoms with van der Waals surface area (Å²) >= 11 is 2.58. The molecule has 0 aliphatic carbocycles. The standard InChI is InChI=1S/C25H26N6O4S2/c1-12-24-30-18(11-37-24)21(33)28-16(9-15-7-5-4-6-8-15)23-31-19(14(3)35-23)22(34)27-13(2)25-29-17(10-36-25)20(32)26-12/h4-8,10-14,16,19H,9H2,1-3H3,(H,26,32)(H,27,34)(H,28,33)/t12-,13+,14+,16-,19-/m0/s1. The van der Waals surface area contributed by atoms with E-state index in [9.17, 15) is 14.4 Å². The lowest BCUT2D eigenvalue weighted by atomic mass is 10.1. The molecular weight excluding hydrogens is 512 g/mol. The predicted octanol–water partition coefficient (Wildman–Crippen LogP) is 2.81. The van der Waals surface area contributed by atoms with Crippen molar-refractivity contribution in [3.8, 4) is 0 Å². The number of nitrogens with one attached hydrogen (secondary N) is 3. The Morgan fingerprint density at radius 1 is 0.838 bits per heavy atom. The Balaban J connectivity index is 1.50. The average molecular weight is 539 g/mol. The van der Waals surface area contributed by atoms with E-state index in [0.29, 0.717) is 22.3 Å². The Labute approximate surface area is 221 Å². The quantitative estimate of drug-likeness (QED) is 0.459. The minimum absolute atomic E-state index is 0.228. The van der Waals surface area contributed by atoms with Gasteiger partial charge in [0.25, 0.3) is 11.8 Å². The molecule has 5 atom stereocenters. The third kappa shape index (κ3) is 5.39. The molecule has 0 saturated carbocycles. The van der Waals surface area contributed by atoms with Crippen molar-refractivity contribution in [1.29, 1.82) is 0 Å². The van der Waals surface area contributed by atoms with E-state index in [0.717, 1.165) is 5.56 Å². The van der Waals surface area contributed by atoms with Crippen molar-refractivity contribution in [2.45, 2.75) is 57.5 Å². The first kappa shape index (κ1) is 25.0. The van der Waals surface area contributed by atoms with Gasteiger partial charge in [0.05, 0.1) is 12.1 Å². The van der Waals surface area contributed by atoms with Gasteiger partial charge in [0.2, 0.25) is 11.8 Å². The molecule has 3 N–H and O–H groups in total. The Morgan fingerprint density at radius 2 is 1.43 bits per heavy atom. The largest absolute Gasteiger partial charge is 0.474 e. The zero-order chi connectivity index (χ0) is 26.1. The van der Waals surface area contributed by atoms with Crippen LogP contribution >= 0.6 is 22.7 Å². The second kappa shape index (κ2) is 10.4. The van der Waals surface area contributed by atoms with Gasteiger partial charge in [-0.1, -0.05) is 30.3 Å². The van der Waals surface area contributed by atoms with Crippen molar-refractivity contribution >= 4 is 46.3 Å². The molecule has 12 heteroatoms. The normalized spacial score (nSPS) is 26.2. The molecule has 5 rings (SSSR count). The van der Waals surface area contributed by atoms with Crippen LogP contribution in [0.3, 0.4) is 0 Å². The fraction of sp³-hybridized carbons (Fsp3) is 0.360. The monoisotopic (exact) mass is 538 g/mol. The zero-order valence-electron chi connectivity index (χ0n) is 20.4. The minimum atomic E-state index is -0.791. The molecule has 3 aromatic rings. The smallest absolute Gasteiger partial charge is 0.271 e. The summed E-state index contributed by atoms with van der Waals surface area (Å²) in [7, 11) is 0. The molecule has 0 spiro atoms. The SMILES string of the molecule is C[C@@H]1NC(=O)c2csc(n2)[C@@H](C)NC(=O)[C@H]2N=C(O[C@@H]2C)[C@H](Cc2ccccc2)NC(=O)c2csc1n2. The highest BCUT2D eigenvalue weighted by Gasteiger charge is 2.38. The number of aromatic nitrogens is 2. The van der Waals surface area contributed by atoms with Gasteiger partial charge < -0.3 is 20.7 Å². The van der Waals surface area contributed by atoms with Crippen LogP contribution in [0.2, 0.25) is 0 Å². The van der Waals surface area contributed by atoms with Crippen molar-refractivity contribution in [3.05, 3.63) is 68.1 Å². The topological polar surface area (TPSA) is 135 Å². The number of thiazole rings is 2. The van der Waals surface area contributed by atoms with Crippen molar-refractivity contribution < 1.29 is 19.1 Å². The molecule has 0 saturated heterocycles. The molecular formula is C25H26N6O4S2. The van der Waals surface area contributed by atoms with Gasteiger partial charge in [0, 0.05) is 17.2 Å². The van der Waals surface area contributed by atoms with Gasteiger partial charge in [-0.2, -0.15) is 0 Å². The van der Waals surface area contributed by atoms with E-state index in [1.807, 2.05) is 30.3 Å². The maximum atomic E-state index is 13.2. The van der Waals surface area contributed by atoms with Crippen LogP contribution in [0, 0.1) is 0 Å². The van der Waals surface area contributed by atoms with Gasteiger partial charge in [0.1, 0.15) is 33.5 Å². The Bertz CT molecular complexity index is 1350. The number of fused-ring (bicyclic) bond motifs is 5. The lowest BCUT2D eigenvalue weighted by molar-refractivity contribution is -0.124. The van der Waals surface area contributed by atoms with Crippen LogP contribution in [0.25, 0.3) is 0 Å². The molecule has 10 nitrogen and oxygen atoms in total. The highest BCUT2D eigenvalue weighted by Crippen LogP contribution is 2.24. The second-order valence-electron chi connectivity index (χ2n) is 9.02. The molecule has 0 unspecified atom stereocenters. The maximum Gasteiger partial charge on any atom is 0.271 e. The highest BCUT2D eigenvalue weighted by atomic mass is 32.1. The van der Waals surface area contributed by atoms with E-state index >= 15 is 0 Å². The summed E-state index contributed by atoms with van der Waals surface area (Å²) in [6, 6.07) is 7.42. The number of carbonyl (C=O) groups is 3. The average Bonchev–Trinajstić information content (AvgIpc) is 3.63. The number of nitrogens with zero attached hydrogens (tertiary/aromatic N) is 3. The predicted molar refractivity (Wildman–Crippen MR) is 140 cm³/mol. The van der Waals surface area contributed by atoms with Crippen LogP contribution in [0.1, 0.15) is 69.4 Å². The van der Waals surface area contributed by atoms with Crippen LogP contribution in [0.15, 0.2) is 46.1 Å². The van der Waals surface area contributed by atoms with Crippen molar-refractivity contribution in [3.63, 3.8) is 0 Å². The molecule has 4 heterocycles. The second-order valence-corrected chi connectivity index (χ2v) is 10.8. The first-order valence-electron chi connectivity index (χ1n) is 11.9. The summed E-state index contributed by atoms with van der Waals surface area (Å²) < 4.78 is 6.01.